The molecule has 252 valence electrons. The molecule has 0 bridgehead atoms. The number of aryl methyl sites for hydroxylation is 4. The summed E-state index contributed by atoms with van der Waals surface area (Å²) in [6.07, 6.45) is 7.63. The normalized spacial score (nSPS) is 11.7. The Labute approximate surface area is 314 Å². The Hall–Kier alpha value is -5.84. The minimum Gasteiger partial charge on any atom is -0.497 e. The van der Waals surface area contributed by atoms with Gasteiger partial charge in [-0.2, -0.15) is 0 Å². The largest absolute Gasteiger partial charge is 2.00 e. The molecule has 6 nitrogen and oxygen atoms in total. The Morgan fingerprint density at radius 3 is 1.90 bits per heavy atom. The van der Waals surface area contributed by atoms with Crippen LogP contribution in [-0.2, 0) is 21.1 Å². The van der Waals surface area contributed by atoms with E-state index in [1.807, 2.05) is 43.0 Å². The van der Waals surface area contributed by atoms with E-state index in [1.54, 1.807) is 0 Å². The van der Waals surface area contributed by atoms with Gasteiger partial charge in [-0.1, -0.05) is 100 Å². The second kappa shape index (κ2) is 12.1. The quantitative estimate of drug-likeness (QED) is 0.131. The molecular weight excluding hydrogens is 822 g/mol. The molecule has 0 saturated carbocycles. The van der Waals surface area contributed by atoms with E-state index in [0.29, 0.717) is 11.5 Å². The van der Waals surface area contributed by atoms with E-state index in [1.165, 1.54) is 33.4 Å². The van der Waals surface area contributed by atoms with Crippen LogP contribution in [0.4, 0.5) is 0 Å². The van der Waals surface area contributed by atoms with Crippen molar-refractivity contribution in [2.75, 3.05) is 0 Å². The van der Waals surface area contributed by atoms with Crippen molar-refractivity contribution in [1.29, 1.82) is 0 Å². The second-order valence-electron chi connectivity index (χ2n) is 13.4. The molecule has 0 amide bonds. The smallest absolute Gasteiger partial charge is 0.497 e. The van der Waals surface area contributed by atoms with Gasteiger partial charge in [0.1, 0.15) is 5.65 Å². The van der Waals surface area contributed by atoms with E-state index in [9.17, 15) is 0 Å². The van der Waals surface area contributed by atoms with Gasteiger partial charge in [0.2, 0.25) is 0 Å². The number of rotatable bonds is 4. The fraction of sp³-hybridized carbons (Fsp3) is 0.0889. The van der Waals surface area contributed by atoms with Gasteiger partial charge in [-0.3, -0.25) is 9.97 Å². The van der Waals surface area contributed by atoms with Crippen LogP contribution in [0.5, 0.6) is 11.5 Å². The van der Waals surface area contributed by atoms with Crippen LogP contribution < -0.4 is 4.74 Å². The average Bonchev–Trinajstić information content (AvgIpc) is 3.81. The summed E-state index contributed by atoms with van der Waals surface area (Å²) < 4.78 is 10.8. The van der Waals surface area contributed by atoms with Gasteiger partial charge >= 0.3 is 21.1 Å². The summed E-state index contributed by atoms with van der Waals surface area (Å²) in [4.78, 5) is 14.5. The SMILES string of the molecule is Cc1cccc(C)c1-c1ccc2c(c1)c1ccc(Oc3[c-]c4c(cc3)c3cccnc3n3c(-c5c(C)cccc5C)cnc43)[c-]c1c1nccn21.[Pt+2]. The Bertz CT molecular complexity index is 3030. The molecule has 0 fully saturated rings. The predicted molar refractivity (Wildman–Crippen MR) is 206 cm³/mol. The van der Waals surface area contributed by atoms with Crippen LogP contribution in [0, 0.1) is 39.8 Å². The Balaban J connectivity index is 0.00000360. The average molecular weight is 853 g/mol. The zero-order chi connectivity index (χ0) is 34.4. The number of benzene rings is 5. The number of ether oxygens (including phenoxy) is 1. The molecule has 52 heavy (non-hydrogen) atoms. The van der Waals surface area contributed by atoms with E-state index in [2.05, 4.69) is 121 Å². The van der Waals surface area contributed by atoms with Crippen LogP contribution in [0.2, 0.25) is 0 Å². The summed E-state index contributed by atoms with van der Waals surface area (Å²) in [6.45, 7) is 8.62. The molecule has 5 aromatic heterocycles. The zero-order valence-corrected chi connectivity index (χ0v) is 31.2. The molecule has 5 heterocycles. The maximum Gasteiger partial charge on any atom is 2.00 e. The third kappa shape index (κ3) is 4.78. The number of imidazole rings is 2. The van der Waals surface area contributed by atoms with Crippen LogP contribution >= 0.6 is 0 Å². The number of pyridine rings is 3. The van der Waals surface area contributed by atoms with Crippen molar-refractivity contribution in [3.8, 4) is 33.9 Å². The van der Waals surface area contributed by atoms with Crippen LogP contribution in [0.25, 0.3) is 77.2 Å². The summed E-state index contributed by atoms with van der Waals surface area (Å²) in [5.74, 6) is 1.17. The molecule has 0 atom stereocenters. The molecular formula is C45H31N5OPt. The molecule has 0 radical (unpaired) electrons. The van der Waals surface area contributed by atoms with Gasteiger partial charge < -0.3 is 13.5 Å². The van der Waals surface area contributed by atoms with Crippen molar-refractivity contribution >= 4 is 54.8 Å². The number of aromatic nitrogens is 5. The summed E-state index contributed by atoms with van der Waals surface area (Å²) >= 11 is 0. The molecule has 7 heteroatoms. The van der Waals surface area contributed by atoms with Gasteiger partial charge in [-0.05, 0) is 84.0 Å². The van der Waals surface area contributed by atoms with Crippen molar-refractivity contribution in [3.63, 3.8) is 0 Å². The van der Waals surface area contributed by atoms with Crippen LogP contribution in [0.1, 0.15) is 22.3 Å². The Morgan fingerprint density at radius 1 is 0.558 bits per heavy atom. The van der Waals surface area contributed by atoms with Crippen LogP contribution in [0.3, 0.4) is 0 Å². The number of hydrogen-bond donors (Lipinski definition) is 0. The number of hydrogen-bond acceptors (Lipinski definition) is 4. The van der Waals surface area contributed by atoms with Gasteiger partial charge in [0.25, 0.3) is 0 Å². The maximum atomic E-state index is 6.55. The van der Waals surface area contributed by atoms with Gasteiger partial charge in [-0.25, -0.2) is 4.98 Å². The van der Waals surface area contributed by atoms with E-state index in [-0.39, 0.29) is 21.1 Å². The molecule has 0 spiro atoms. The standard InChI is InChI=1S/C45H31N5O.Pt/c1-26-8-5-9-27(2)41(26)30-13-18-39-36(22-30)34-17-15-31(23-37(34)43-47-20-21-49(39)43)51-32-14-16-33-35-12-7-19-46-44(35)50-40(25-48-45(50)38(33)24-32)42-28(3)10-6-11-29(42)4;/h5-22,25H,1-4H3;/q-2;+2. The molecule has 0 unspecified atom stereocenters. The van der Waals surface area contributed by atoms with Crippen molar-refractivity contribution in [2.45, 2.75) is 27.7 Å². The van der Waals surface area contributed by atoms with E-state index < -0.39 is 0 Å². The van der Waals surface area contributed by atoms with E-state index in [4.69, 9.17) is 19.7 Å². The molecule has 5 aromatic carbocycles. The van der Waals surface area contributed by atoms with Gasteiger partial charge in [0.15, 0.2) is 0 Å². The molecule has 0 N–H and O–H groups in total. The first-order valence-corrected chi connectivity index (χ1v) is 17.1. The Kier molecular flexibility index (Phi) is 7.49. The molecule has 0 aliphatic heterocycles. The van der Waals surface area contributed by atoms with Crippen molar-refractivity contribution in [2.24, 2.45) is 0 Å². The second-order valence-corrected chi connectivity index (χ2v) is 13.4. The van der Waals surface area contributed by atoms with E-state index >= 15 is 0 Å². The molecule has 10 rings (SSSR count). The monoisotopic (exact) mass is 852 g/mol. The summed E-state index contributed by atoms with van der Waals surface area (Å²) in [6, 6.07) is 38.9. The van der Waals surface area contributed by atoms with E-state index in [0.717, 1.165) is 66.0 Å². The number of nitrogens with zero attached hydrogens (tertiary/aromatic N) is 5. The molecule has 0 saturated heterocycles. The molecule has 0 aliphatic carbocycles. The molecule has 0 aliphatic rings. The Morgan fingerprint density at radius 2 is 1.19 bits per heavy atom. The summed E-state index contributed by atoms with van der Waals surface area (Å²) in [7, 11) is 0. The predicted octanol–water partition coefficient (Wildman–Crippen LogP) is 10.9. The van der Waals surface area contributed by atoms with Crippen molar-refractivity contribution in [1.82, 2.24) is 23.8 Å². The van der Waals surface area contributed by atoms with Crippen molar-refractivity contribution < 1.29 is 25.8 Å². The minimum absolute atomic E-state index is 0. The first kappa shape index (κ1) is 32.1. The summed E-state index contributed by atoms with van der Waals surface area (Å²) in [5, 5.41) is 6.02. The van der Waals surface area contributed by atoms with Gasteiger partial charge in [0.05, 0.1) is 17.0 Å². The van der Waals surface area contributed by atoms with Crippen molar-refractivity contribution in [3.05, 3.63) is 150 Å². The first-order valence-electron chi connectivity index (χ1n) is 17.1. The molecule has 10 aromatic rings. The zero-order valence-electron chi connectivity index (χ0n) is 28.9. The first-order chi connectivity index (χ1) is 24.9. The topological polar surface area (TPSA) is 56.7 Å². The fourth-order valence-corrected chi connectivity index (χ4v) is 7.98. The summed E-state index contributed by atoms with van der Waals surface area (Å²) in [5.41, 5.74) is 13.1. The minimum atomic E-state index is 0. The fourth-order valence-electron chi connectivity index (χ4n) is 7.98. The maximum absolute atomic E-state index is 6.55. The number of fused-ring (bicyclic) bond motifs is 12. The third-order valence-electron chi connectivity index (χ3n) is 10.2. The third-order valence-corrected chi connectivity index (χ3v) is 10.2. The van der Waals surface area contributed by atoms with Gasteiger partial charge in [0, 0.05) is 47.4 Å². The van der Waals surface area contributed by atoms with Gasteiger partial charge in [-0.15, -0.1) is 12.1 Å². The van der Waals surface area contributed by atoms with Crippen LogP contribution in [0.15, 0.2) is 116 Å². The van der Waals surface area contributed by atoms with Crippen LogP contribution in [-0.4, -0.2) is 23.8 Å².